The fourth-order valence-corrected chi connectivity index (χ4v) is 1.63. The molecule has 1 heterocycles. The molecule has 0 atom stereocenters. The van der Waals surface area contributed by atoms with Gasteiger partial charge in [0, 0.05) is 11.9 Å². The molecule has 0 fully saturated rings. The summed E-state index contributed by atoms with van der Waals surface area (Å²) in [5.41, 5.74) is 3.31. The van der Waals surface area contributed by atoms with E-state index in [0.29, 0.717) is 0 Å². The van der Waals surface area contributed by atoms with Crippen molar-refractivity contribution in [3.63, 3.8) is 0 Å². The minimum absolute atomic E-state index is 0.906. The highest BCUT2D eigenvalue weighted by atomic mass is 16.5. The summed E-state index contributed by atoms with van der Waals surface area (Å²) in [5.74, 6) is 0.906. The molecule has 0 bridgehead atoms. The average Bonchev–Trinajstić information content (AvgIpc) is 2.64. The molecule has 2 rings (SSSR count). The zero-order valence-corrected chi connectivity index (χ0v) is 9.19. The van der Waals surface area contributed by atoms with Crippen LogP contribution in [0.4, 0.5) is 0 Å². The molecule has 78 valence electrons. The molecule has 0 unspecified atom stereocenters. The lowest BCUT2D eigenvalue weighted by Gasteiger charge is -2.08. The molecule has 0 N–H and O–H groups in total. The quantitative estimate of drug-likeness (QED) is 0.748. The lowest BCUT2D eigenvalue weighted by Crippen LogP contribution is -1.99. The van der Waals surface area contributed by atoms with Crippen molar-refractivity contribution in [1.82, 2.24) is 9.78 Å². The second-order valence-electron chi connectivity index (χ2n) is 3.54. The normalized spacial score (nSPS) is 10.3. The van der Waals surface area contributed by atoms with Gasteiger partial charge in [-0.25, -0.2) is 4.68 Å². The van der Waals surface area contributed by atoms with Crippen molar-refractivity contribution in [1.29, 1.82) is 0 Å². The first-order chi connectivity index (χ1) is 7.22. The van der Waals surface area contributed by atoms with E-state index >= 15 is 0 Å². The molecule has 15 heavy (non-hydrogen) atoms. The molecule has 1 aromatic carbocycles. The van der Waals surface area contributed by atoms with Crippen LogP contribution >= 0.6 is 0 Å². The Kier molecular flexibility index (Phi) is 2.46. The molecule has 0 saturated heterocycles. The van der Waals surface area contributed by atoms with Crippen LogP contribution < -0.4 is 4.74 Å². The zero-order valence-electron chi connectivity index (χ0n) is 9.19. The number of hydrogen-bond acceptors (Lipinski definition) is 2. The van der Waals surface area contributed by atoms with Crippen LogP contribution in [0.15, 0.2) is 30.5 Å². The van der Waals surface area contributed by atoms with Crippen molar-refractivity contribution >= 4 is 0 Å². The maximum Gasteiger partial charge on any atom is 0.121 e. The van der Waals surface area contributed by atoms with Gasteiger partial charge in [-0.3, -0.25) is 0 Å². The zero-order chi connectivity index (χ0) is 10.8. The SMILES string of the molecule is COc1ccc(-n2nccc2C)cc1C. The standard InChI is InChI=1S/C12H14N2O/c1-9-8-11(4-5-12(9)15-3)14-10(2)6-7-13-14/h4-8H,1-3H3. The number of aryl methyl sites for hydroxylation is 2. The van der Waals surface area contributed by atoms with Gasteiger partial charge in [0.2, 0.25) is 0 Å². The lowest BCUT2D eigenvalue weighted by molar-refractivity contribution is 0.411. The second-order valence-corrected chi connectivity index (χ2v) is 3.54. The highest BCUT2D eigenvalue weighted by molar-refractivity contribution is 5.43. The Bertz CT molecular complexity index is 474. The number of nitrogens with zero attached hydrogens (tertiary/aromatic N) is 2. The Labute approximate surface area is 89.3 Å². The van der Waals surface area contributed by atoms with Crippen LogP contribution in [0.2, 0.25) is 0 Å². The summed E-state index contributed by atoms with van der Waals surface area (Å²) in [4.78, 5) is 0. The summed E-state index contributed by atoms with van der Waals surface area (Å²) in [6, 6.07) is 8.02. The maximum atomic E-state index is 5.22. The van der Waals surface area contributed by atoms with Crippen molar-refractivity contribution in [2.45, 2.75) is 13.8 Å². The number of methoxy groups -OCH3 is 1. The van der Waals surface area contributed by atoms with Crippen molar-refractivity contribution in [3.05, 3.63) is 41.7 Å². The first-order valence-electron chi connectivity index (χ1n) is 4.88. The summed E-state index contributed by atoms with van der Waals surface area (Å²) in [6.45, 7) is 4.06. The molecule has 3 nitrogen and oxygen atoms in total. The molecule has 0 aliphatic rings. The molecule has 0 radical (unpaired) electrons. The van der Waals surface area contributed by atoms with Crippen LogP contribution in [-0.2, 0) is 0 Å². The average molecular weight is 202 g/mol. The Morgan fingerprint density at radius 1 is 1.20 bits per heavy atom. The third-order valence-corrected chi connectivity index (χ3v) is 2.45. The minimum atomic E-state index is 0.906. The molecule has 3 heteroatoms. The molecule has 0 spiro atoms. The fraction of sp³-hybridized carbons (Fsp3) is 0.250. The van der Waals surface area contributed by atoms with E-state index in [1.807, 2.05) is 36.7 Å². The number of rotatable bonds is 2. The van der Waals surface area contributed by atoms with E-state index in [-0.39, 0.29) is 0 Å². The molecule has 0 amide bonds. The molecule has 2 aromatic rings. The van der Waals surface area contributed by atoms with Crippen molar-refractivity contribution in [3.8, 4) is 11.4 Å². The van der Waals surface area contributed by atoms with E-state index in [2.05, 4.69) is 11.2 Å². The maximum absolute atomic E-state index is 5.22. The Balaban J connectivity index is 2.47. The number of aromatic nitrogens is 2. The summed E-state index contributed by atoms with van der Waals surface area (Å²) in [5, 5.41) is 4.26. The summed E-state index contributed by atoms with van der Waals surface area (Å²) in [7, 11) is 1.68. The first kappa shape index (κ1) is 9.77. The van der Waals surface area contributed by atoms with E-state index in [1.165, 1.54) is 0 Å². The predicted octanol–water partition coefficient (Wildman–Crippen LogP) is 2.50. The fourth-order valence-electron chi connectivity index (χ4n) is 1.63. The van der Waals surface area contributed by atoms with E-state index in [1.54, 1.807) is 13.3 Å². The van der Waals surface area contributed by atoms with Crippen LogP contribution in [0.5, 0.6) is 5.75 Å². The lowest BCUT2D eigenvalue weighted by atomic mass is 10.2. The van der Waals surface area contributed by atoms with Crippen LogP contribution in [-0.4, -0.2) is 16.9 Å². The van der Waals surface area contributed by atoms with Gasteiger partial charge in [0.15, 0.2) is 0 Å². The Hall–Kier alpha value is -1.77. The van der Waals surface area contributed by atoms with Gasteiger partial charge in [0.1, 0.15) is 5.75 Å². The topological polar surface area (TPSA) is 27.1 Å². The second kappa shape index (κ2) is 3.77. The third-order valence-electron chi connectivity index (χ3n) is 2.45. The highest BCUT2D eigenvalue weighted by Crippen LogP contribution is 2.21. The Morgan fingerprint density at radius 3 is 2.53 bits per heavy atom. The number of hydrogen-bond donors (Lipinski definition) is 0. The molecule has 1 aromatic heterocycles. The van der Waals surface area contributed by atoms with E-state index < -0.39 is 0 Å². The number of benzene rings is 1. The summed E-state index contributed by atoms with van der Waals surface area (Å²) in [6.07, 6.45) is 1.80. The van der Waals surface area contributed by atoms with Gasteiger partial charge >= 0.3 is 0 Å². The van der Waals surface area contributed by atoms with Gasteiger partial charge in [0.05, 0.1) is 12.8 Å². The van der Waals surface area contributed by atoms with Crippen LogP contribution in [0.1, 0.15) is 11.3 Å². The van der Waals surface area contributed by atoms with Gasteiger partial charge < -0.3 is 4.74 Å². The summed E-state index contributed by atoms with van der Waals surface area (Å²) >= 11 is 0. The van der Waals surface area contributed by atoms with Gasteiger partial charge in [-0.2, -0.15) is 5.10 Å². The van der Waals surface area contributed by atoms with Crippen molar-refractivity contribution in [2.75, 3.05) is 7.11 Å². The van der Waals surface area contributed by atoms with Crippen LogP contribution in [0, 0.1) is 13.8 Å². The van der Waals surface area contributed by atoms with Crippen LogP contribution in [0.25, 0.3) is 5.69 Å². The smallest absolute Gasteiger partial charge is 0.121 e. The molecular formula is C12H14N2O. The minimum Gasteiger partial charge on any atom is -0.496 e. The van der Waals surface area contributed by atoms with Gasteiger partial charge in [0.25, 0.3) is 0 Å². The Morgan fingerprint density at radius 2 is 2.00 bits per heavy atom. The number of ether oxygens (including phenoxy) is 1. The largest absolute Gasteiger partial charge is 0.496 e. The molecular weight excluding hydrogens is 188 g/mol. The van der Waals surface area contributed by atoms with E-state index in [4.69, 9.17) is 4.74 Å². The highest BCUT2D eigenvalue weighted by Gasteiger charge is 2.03. The third kappa shape index (κ3) is 1.73. The predicted molar refractivity (Wildman–Crippen MR) is 59.6 cm³/mol. The molecule has 0 aliphatic carbocycles. The van der Waals surface area contributed by atoms with Gasteiger partial charge in [-0.15, -0.1) is 0 Å². The van der Waals surface area contributed by atoms with E-state index in [9.17, 15) is 0 Å². The van der Waals surface area contributed by atoms with Crippen LogP contribution in [0.3, 0.4) is 0 Å². The van der Waals surface area contributed by atoms with E-state index in [0.717, 1.165) is 22.7 Å². The molecule has 0 saturated carbocycles. The molecule has 0 aliphatic heterocycles. The van der Waals surface area contributed by atoms with Crippen molar-refractivity contribution < 1.29 is 4.74 Å². The van der Waals surface area contributed by atoms with Gasteiger partial charge in [-0.1, -0.05) is 0 Å². The summed E-state index contributed by atoms with van der Waals surface area (Å²) < 4.78 is 7.13. The monoisotopic (exact) mass is 202 g/mol. The first-order valence-corrected chi connectivity index (χ1v) is 4.88. The van der Waals surface area contributed by atoms with Gasteiger partial charge in [-0.05, 0) is 43.7 Å². The van der Waals surface area contributed by atoms with Crippen molar-refractivity contribution in [2.24, 2.45) is 0 Å².